The summed E-state index contributed by atoms with van der Waals surface area (Å²) in [4.78, 5) is 29.3. The van der Waals surface area contributed by atoms with Gasteiger partial charge in [0.05, 0.1) is 6.61 Å². The molecule has 0 bridgehead atoms. The van der Waals surface area contributed by atoms with Crippen LogP contribution in [0.3, 0.4) is 0 Å². The number of likely N-dealkylation sites (tertiary alicyclic amines) is 1. The molecule has 0 saturated carbocycles. The first-order valence-corrected chi connectivity index (χ1v) is 12.1. The second-order valence-electron chi connectivity index (χ2n) is 10.00. The normalized spacial score (nSPS) is 20.8. The third-order valence-electron chi connectivity index (χ3n) is 6.93. The molecule has 0 N–H and O–H groups in total. The van der Waals surface area contributed by atoms with Crippen LogP contribution in [0.15, 0.2) is 24.3 Å². The second kappa shape index (κ2) is 11.0. The molecular formula is C26H40N2O3. The quantitative estimate of drug-likeness (QED) is 0.687. The highest BCUT2D eigenvalue weighted by atomic mass is 16.5. The fraction of sp³-hybridized carbons (Fsp3) is 0.692. The number of fused-ring (bicyclic) bond motifs is 1. The number of aryl methyl sites for hydroxylation is 1. The second-order valence-corrected chi connectivity index (χ2v) is 10.00. The molecule has 1 saturated heterocycles. The smallest absolute Gasteiger partial charge is 0.222 e. The molecule has 31 heavy (non-hydrogen) atoms. The number of carbonyl (C=O) groups excluding carboxylic acids is 2. The number of benzene rings is 1. The van der Waals surface area contributed by atoms with Gasteiger partial charge in [-0.05, 0) is 61.5 Å². The molecule has 172 valence electrons. The molecule has 1 fully saturated rings. The fourth-order valence-corrected chi connectivity index (χ4v) is 5.05. The minimum atomic E-state index is 0.124. The molecule has 5 heteroatoms. The van der Waals surface area contributed by atoms with Crippen molar-refractivity contribution in [3.8, 4) is 5.75 Å². The average molecular weight is 429 g/mol. The van der Waals surface area contributed by atoms with Crippen LogP contribution < -0.4 is 4.74 Å². The first-order valence-electron chi connectivity index (χ1n) is 12.1. The van der Waals surface area contributed by atoms with E-state index in [0.29, 0.717) is 25.4 Å². The Hall–Kier alpha value is -2.04. The number of piperidine rings is 1. The predicted molar refractivity (Wildman–Crippen MR) is 124 cm³/mol. The molecule has 2 aliphatic heterocycles. The first kappa shape index (κ1) is 23.6. The van der Waals surface area contributed by atoms with E-state index in [1.165, 1.54) is 5.56 Å². The van der Waals surface area contributed by atoms with Crippen LogP contribution in [0.25, 0.3) is 0 Å². The summed E-state index contributed by atoms with van der Waals surface area (Å²) in [7, 11) is 1.95. The van der Waals surface area contributed by atoms with Crippen LogP contribution in [0.5, 0.6) is 5.75 Å². The van der Waals surface area contributed by atoms with Crippen LogP contribution in [0.2, 0.25) is 0 Å². The Balaban J connectivity index is 1.68. The molecule has 3 rings (SSSR count). The lowest BCUT2D eigenvalue weighted by Gasteiger charge is -2.44. The number of amides is 2. The highest BCUT2D eigenvalue weighted by Gasteiger charge is 2.37. The summed E-state index contributed by atoms with van der Waals surface area (Å²) in [6, 6.07) is 8.30. The largest absolute Gasteiger partial charge is 0.493 e. The number of hydrogen-bond acceptors (Lipinski definition) is 3. The van der Waals surface area contributed by atoms with Gasteiger partial charge >= 0.3 is 0 Å². The van der Waals surface area contributed by atoms with Crippen molar-refractivity contribution >= 4 is 11.8 Å². The fourth-order valence-electron chi connectivity index (χ4n) is 5.05. The summed E-state index contributed by atoms with van der Waals surface area (Å²) < 4.78 is 5.98. The molecule has 1 aromatic carbocycles. The Morgan fingerprint density at radius 2 is 1.81 bits per heavy atom. The lowest BCUT2D eigenvalue weighted by atomic mass is 9.73. The van der Waals surface area contributed by atoms with E-state index in [4.69, 9.17) is 4.74 Å². The summed E-state index contributed by atoms with van der Waals surface area (Å²) in [5.41, 5.74) is 1.39. The van der Waals surface area contributed by atoms with Crippen molar-refractivity contribution in [1.82, 2.24) is 9.80 Å². The molecular weight excluding hydrogens is 388 g/mol. The number of nitrogens with zero attached hydrogens (tertiary/aromatic N) is 2. The molecule has 0 unspecified atom stereocenters. The summed E-state index contributed by atoms with van der Waals surface area (Å²) in [5, 5.41) is 0. The third-order valence-corrected chi connectivity index (χ3v) is 6.93. The third kappa shape index (κ3) is 6.72. The van der Waals surface area contributed by atoms with Gasteiger partial charge in [0, 0.05) is 39.5 Å². The van der Waals surface area contributed by atoms with Crippen LogP contribution in [0.4, 0.5) is 0 Å². The van der Waals surface area contributed by atoms with E-state index >= 15 is 0 Å². The summed E-state index contributed by atoms with van der Waals surface area (Å²) >= 11 is 0. The van der Waals surface area contributed by atoms with E-state index in [1.807, 2.05) is 29.0 Å². The zero-order valence-electron chi connectivity index (χ0n) is 19.7. The molecule has 0 atom stereocenters. The number of hydrogen-bond donors (Lipinski definition) is 0. The van der Waals surface area contributed by atoms with Crippen molar-refractivity contribution in [2.45, 2.75) is 71.6 Å². The van der Waals surface area contributed by atoms with Gasteiger partial charge in [-0.25, -0.2) is 0 Å². The molecule has 0 radical (unpaired) electrons. The minimum absolute atomic E-state index is 0.124. The van der Waals surface area contributed by atoms with Crippen molar-refractivity contribution in [3.05, 3.63) is 29.8 Å². The van der Waals surface area contributed by atoms with E-state index in [1.54, 1.807) is 0 Å². The molecule has 2 amide bonds. The molecule has 0 aromatic heterocycles. The van der Waals surface area contributed by atoms with Crippen LogP contribution in [-0.2, 0) is 16.0 Å². The molecule has 1 aromatic rings. The van der Waals surface area contributed by atoms with E-state index in [0.717, 1.165) is 70.3 Å². The standard InChI is InChI=1S/C26H40N2O3/c1-21(2)19-25(30)28-16-14-26(15-17-28)13-7-6-10-22-9-4-5-11-23(22)31-18-8-12-24(29)27(3)20-26/h4-5,9,11,21H,6-8,10,12-20H2,1-3H3. The van der Waals surface area contributed by atoms with Crippen LogP contribution in [0.1, 0.15) is 70.8 Å². The van der Waals surface area contributed by atoms with Crippen molar-refractivity contribution in [2.75, 3.05) is 33.3 Å². The SMILES string of the molecule is CC(C)CC(=O)N1CCC2(CCCCc3ccccc3OCCCC(=O)N(C)C2)CC1. The van der Waals surface area contributed by atoms with Crippen molar-refractivity contribution in [3.63, 3.8) is 0 Å². The number of carbonyl (C=O) groups is 2. The van der Waals surface area contributed by atoms with E-state index in [-0.39, 0.29) is 17.2 Å². The summed E-state index contributed by atoms with van der Waals surface area (Å²) in [5.74, 6) is 1.85. The lowest BCUT2D eigenvalue weighted by molar-refractivity contribution is -0.137. The number of para-hydroxylation sites is 1. The molecule has 2 aliphatic rings. The maximum atomic E-state index is 12.8. The average Bonchev–Trinajstić information content (AvgIpc) is 2.74. The van der Waals surface area contributed by atoms with Crippen molar-refractivity contribution in [2.24, 2.45) is 11.3 Å². The highest BCUT2D eigenvalue weighted by Crippen LogP contribution is 2.38. The topological polar surface area (TPSA) is 49.9 Å². The Morgan fingerprint density at radius 3 is 2.55 bits per heavy atom. The van der Waals surface area contributed by atoms with Gasteiger partial charge in [0.2, 0.25) is 11.8 Å². The van der Waals surface area contributed by atoms with Gasteiger partial charge in [-0.2, -0.15) is 0 Å². The molecule has 1 spiro atoms. The highest BCUT2D eigenvalue weighted by molar-refractivity contribution is 5.76. The predicted octanol–water partition coefficient (Wildman–Crippen LogP) is 4.69. The first-order chi connectivity index (χ1) is 14.9. The maximum Gasteiger partial charge on any atom is 0.222 e. The van der Waals surface area contributed by atoms with Gasteiger partial charge in [-0.1, -0.05) is 38.5 Å². The summed E-state index contributed by atoms with van der Waals surface area (Å²) in [6.07, 6.45) is 8.27. The number of rotatable bonds is 2. The minimum Gasteiger partial charge on any atom is -0.493 e. The van der Waals surface area contributed by atoms with Gasteiger partial charge in [0.1, 0.15) is 5.75 Å². The van der Waals surface area contributed by atoms with Crippen molar-refractivity contribution in [1.29, 1.82) is 0 Å². The van der Waals surface area contributed by atoms with Crippen LogP contribution in [0, 0.1) is 11.3 Å². The van der Waals surface area contributed by atoms with E-state index in [9.17, 15) is 9.59 Å². The van der Waals surface area contributed by atoms with Gasteiger partial charge in [-0.3, -0.25) is 9.59 Å². The summed E-state index contributed by atoms with van der Waals surface area (Å²) in [6.45, 7) is 7.23. The Labute approximate surface area is 188 Å². The molecule has 0 aliphatic carbocycles. The van der Waals surface area contributed by atoms with Gasteiger partial charge in [0.25, 0.3) is 0 Å². The van der Waals surface area contributed by atoms with E-state index < -0.39 is 0 Å². The molecule has 5 nitrogen and oxygen atoms in total. The Kier molecular flexibility index (Phi) is 8.39. The lowest BCUT2D eigenvalue weighted by Crippen LogP contribution is -2.48. The monoisotopic (exact) mass is 428 g/mol. The zero-order valence-corrected chi connectivity index (χ0v) is 19.7. The van der Waals surface area contributed by atoms with Gasteiger partial charge in [0.15, 0.2) is 0 Å². The van der Waals surface area contributed by atoms with Gasteiger partial charge < -0.3 is 14.5 Å². The van der Waals surface area contributed by atoms with Crippen molar-refractivity contribution < 1.29 is 14.3 Å². The maximum absolute atomic E-state index is 12.8. The zero-order chi connectivity index (χ0) is 22.3. The van der Waals surface area contributed by atoms with Gasteiger partial charge in [-0.15, -0.1) is 0 Å². The Morgan fingerprint density at radius 1 is 1.06 bits per heavy atom. The number of ether oxygens (including phenoxy) is 1. The van der Waals surface area contributed by atoms with Crippen LogP contribution >= 0.6 is 0 Å². The van der Waals surface area contributed by atoms with E-state index in [2.05, 4.69) is 26.0 Å². The Bertz CT molecular complexity index is 738. The van der Waals surface area contributed by atoms with Crippen LogP contribution in [-0.4, -0.2) is 54.9 Å². The molecule has 2 heterocycles.